The lowest BCUT2D eigenvalue weighted by molar-refractivity contribution is -0.385. The van der Waals surface area contributed by atoms with Gasteiger partial charge >= 0.3 is 0 Å². The van der Waals surface area contributed by atoms with Crippen LogP contribution in [0.3, 0.4) is 0 Å². The summed E-state index contributed by atoms with van der Waals surface area (Å²) in [5, 5.41) is 13.9. The second-order valence-corrected chi connectivity index (χ2v) is 5.60. The van der Waals surface area contributed by atoms with Gasteiger partial charge in [-0.15, -0.1) is 0 Å². The number of rotatable bonds is 8. The molecule has 1 aliphatic heterocycles. The molecule has 2 aromatic carbocycles. The van der Waals surface area contributed by atoms with E-state index in [9.17, 15) is 14.9 Å². The Hall–Kier alpha value is -3.69. The summed E-state index contributed by atoms with van der Waals surface area (Å²) in [5.41, 5.74) is -0.516. The van der Waals surface area contributed by atoms with E-state index in [4.69, 9.17) is 23.7 Å². The van der Waals surface area contributed by atoms with Crippen LogP contribution < -0.4 is 29.0 Å². The Bertz CT molecular complexity index is 899. The van der Waals surface area contributed by atoms with Crippen molar-refractivity contribution in [1.82, 2.24) is 5.32 Å². The number of hydrogen-bond acceptors (Lipinski definition) is 8. The van der Waals surface area contributed by atoms with E-state index in [0.717, 1.165) is 6.07 Å². The first kappa shape index (κ1) is 19.1. The van der Waals surface area contributed by atoms with E-state index in [-0.39, 0.29) is 42.7 Å². The maximum Gasteiger partial charge on any atom is 0.286 e. The molecule has 1 amide bonds. The summed E-state index contributed by atoms with van der Waals surface area (Å²) in [6.07, 6.45) is 0. The summed E-state index contributed by atoms with van der Waals surface area (Å²) in [7, 11) is 2.74. The molecule has 3 rings (SSSR count). The highest BCUT2D eigenvalue weighted by atomic mass is 16.7. The van der Waals surface area contributed by atoms with Crippen LogP contribution in [0.1, 0.15) is 10.4 Å². The SMILES string of the molecule is COc1cc(C(=O)NCCOc2ccc3c(c2)OCO3)c([N+](=O)[O-])cc1OC. The number of carbonyl (C=O) groups is 1. The van der Waals surface area contributed by atoms with Gasteiger partial charge in [-0.3, -0.25) is 14.9 Å². The predicted octanol–water partition coefficient (Wildman–Crippen LogP) is 2.15. The van der Waals surface area contributed by atoms with Crippen LogP contribution in [-0.4, -0.2) is 45.0 Å². The minimum atomic E-state index is -0.653. The van der Waals surface area contributed by atoms with Gasteiger partial charge in [0.05, 0.1) is 31.8 Å². The molecular weight excluding hydrogens is 372 g/mol. The van der Waals surface area contributed by atoms with Crippen molar-refractivity contribution in [2.24, 2.45) is 0 Å². The number of benzene rings is 2. The summed E-state index contributed by atoms with van der Waals surface area (Å²) < 4.78 is 26.2. The molecule has 0 radical (unpaired) electrons. The summed E-state index contributed by atoms with van der Waals surface area (Å²) in [6.45, 7) is 0.462. The Morgan fingerprint density at radius 2 is 1.86 bits per heavy atom. The second kappa shape index (κ2) is 8.33. The van der Waals surface area contributed by atoms with Crippen LogP contribution in [0.5, 0.6) is 28.7 Å². The molecule has 0 atom stereocenters. The molecule has 28 heavy (non-hydrogen) atoms. The highest BCUT2D eigenvalue weighted by Crippen LogP contribution is 2.35. The van der Waals surface area contributed by atoms with E-state index in [1.807, 2.05) is 0 Å². The zero-order valence-corrected chi connectivity index (χ0v) is 15.2. The maximum absolute atomic E-state index is 12.4. The van der Waals surface area contributed by atoms with E-state index < -0.39 is 10.8 Å². The fourth-order valence-corrected chi connectivity index (χ4v) is 2.60. The van der Waals surface area contributed by atoms with Crippen molar-refractivity contribution in [2.45, 2.75) is 0 Å². The molecule has 1 aliphatic rings. The van der Waals surface area contributed by atoms with Gasteiger partial charge in [-0.25, -0.2) is 0 Å². The number of hydrogen-bond donors (Lipinski definition) is 1. The first-order valence-electron chi connectivity index (χ1n) is 8.24. The maximum atomic E-state index is 12.4. The molecule has 0 aromatic heterocycles. The fraction of sp³-hybridized carbons (Fsp3) is 0.278. The van der Waals surface area contributed by atoms with Gasteiger partial charge < -0.3 is 29.0 Å². The number of nitrogens with zero attached hydrogens (tertiary/aromatic N) is 1. The van der Waals surface area contributed by atoms with Crippen LogP contribution in [0, 0.1) is 10.1 Å². The number of carbonyl (C=O) groups excluding carboxylic acids is 1. The molecule has 2 aromatic rings. The van der Waals surface area contributed by atoms with Crippen LogP contribution in [0.25, 0.3) is 0 Å². The lowest BCUT2D eigenvalue weighted by Gasteiger charge is -2.11. The van der Waals surface area contributed by atoms with E-state index in [1.54, 1.807) is 18.2 Å². The van der Waals surface area contributed by atoms with Crippen LogP contribution in [0.2, 0.25) is 0 Å². The van der Waals surface area contributed by atoms with Crippen molar-refractivity contribution < 1.29 is 33.4 Å². The van der Waals surface area contributed by atoms with Crippen molar-refractivity contribution >= 4 is 11.6 Å². The molecule has 0 saturated carbocycles. The Morgan fingerprint density at radius 3 is 2.57 bits per heavy atom. The lowest BCUT2D eigenvalue weighted by Crippen LogP contribution is -2.28. The van der Waals surface area contributed by atoms with E-state index >= 15 is 0 Å². The third-order valence-electron chi connectivity index (χ3n) is 3.94. The molecule has 0 bridgehead atoms. The van der Waals surface area contributed by atoms with Crippen molar-refractivity contribution in [1.29, 1.82) is 0 Å². The van der Waals surface area contributed by atoms with Crippen LogP contribution in [-0.2, 0) is 0 Å². The predicted molar refractivity (Wildman–Crippen MR) is 96.6 cm³/mol. The topological polar surface area (TPSA) is 118 Å². The normalized spacial score (nSPS) is 11.6. The molecule has 1 heterocycles. The Balaban J connectivity index is 1.62. The number of amides is 1. The Labute approximate surface area is 160 Å². The number of fused-ring (bicyclic) bond motifs is 1. The molecule has 0 aliphatic carbocycles. The van der Waals surface area contributed by atoms with Gasteiger partial charge in [0.15, 0.2) is 23.0 Å². The van der Waals surface area contributed by atoms with Crippen LogP contribution in [0.4, 0.5) is 5.69 Å². The first-order chi connectivity index (χ1) is 13.5. The van der Waals surface area contributed by atoms with Gasteiger partial charge in [-0.05, 0) is 12.1 Å². The molecule has 0 spiro atoms. The standard InChI is InChI=1S/C18H18N2O8/c1-24-15-8-12(13(20(22)23)9-16(15)25-2)18(21)19-5-6-26-11-3-4-14-17(7-11)28-10-27-14/h3-4,7-9H,5-6,10H2,1-2H3,(H,19,21). The molecule has 0 saturated heterocycles. The number of ether oxygens (including phenoxy) is 5. The minimum Gasteiger partial charge on any atom is -0.493 e. The van der Waals surface area contributed by atoms with Crippen molar-refractivity contribution in [3.63, 3.8) is 0 Å². The minimum absolute atomic E-state index is 0.134. The van der Waals surface area contributed by atoms with E-state index in [2.05, 4.69) is 5.32 Å². The summed E-state index contributed by atoms with van der Waals surface area (Å²) in [5.74, 6) is 1.54. The molecular formula is C18H18N2O8. The summed E-state index contributed by atoms with van der Waals surface area (Å²) in [6, 6.07) is 7.54. The van der Waals surface area contributed by atoms with Crippen molar-refractivity contribution in [3.8, 4) is 28.7 Å². The van der Waals surface area contributed by atoms with Crippen molar-refractivity contribution in [3.05, 3.63) is 46.0 Å². The van der Waals surface area contributed by atoms with E-state index in [0.29, 0.717) is 17.2 Å². The average Bonchev–Trinajstić information content (AvgIpc) is 3.17. The summed E-state index contributed by atoms with van der Waals surface area (Å²) >= 11 is 0. The largest absolute Gasteiger partial charge is 0.493 e. The van der Waals surface area contributed by atoms with E-state index in [1.165, 1.54) is 20.3 Å². The number of methoxy groups -OCH3 is 2. The third kappa shape index (κ3) is 4.00. The molecule has 10 heteroatoms. The molecule has 10 nitrogen and oxygen atoms in total. The first-order valence-corrected chi connectivity index (χ1v) is 8.24. The fourth-order valence-electron chi connectivity index (χ4n) is 2.60. The third-order valence-corrected chi connectivity index (χ3v) is 3.94. The molecule has 148 valence electrons. The summed E-state index contributed by atoms with van der Waals surface area (Å²) in [4.78, 5) is 23.0. The molecule has 1 N–H and O–H groups in total. The smallest absolute Gasteiger partial charge is 0.286 e. The van der Waals surface area contributed by atoms with Gasteiger partial charge in [0.2, 0.25) is 6.79 Å². The van der Waals surface area contributed by atoms with Gasteiger partial charge in [-0.1, -0.05) is 0 Å². The molecule has 0 unspecified atom stereocenters. The monoisotopic (exact) mass is 390 g/mol. The van der Waals surface area contributed by atoms with Crippen molar-refractivity contribution in [2.75, 3.05) is 34.2 Å². The zero-order chi connectivity index (χ0) is 20.1. The number of nitrogens with one attached hydrogen (secondary N) is 1. The van der Waals surface area contributed by atoms with Crippen LogP contribution >= 0.6 is 0 Å². The highest BCUT2D eigenvalue weighted by Gasteiger charge is 2.24. The van der Waals surface area contributed by atoms with Gasteiger partial charge in [-0.2, -0.15) is 0 Å². The highest BCUT2D eigenvalue weighted by molar-refractivity contribution is 5.99. The quantitative estimate of drug-likeness (QED) is 0.414. The second-order valence-electron chi connectivity index (χ2n) is 5.60. The van der Waals surface area contributed by atoms with Gasteiger partial charge in [0.25, 0.3) is 11.6 Å². The molecule has 0 fully saturated rings. The zero-order valence-electron chi connectivity index (χ0n) is 15.2. The number of nitro groups is 1. The Kier molecular flexibility index (Phi) is 5.68. The van der Waals surface area contributed by atoms with Gasteiger partial charge in [0.1, 0.15) is 17.9 Å². The Morgan fingerprint density at radius 1 is 1.14 bits per heavy atom. The number of nitro benzene ring substituents is 1. The van der Waals surface area contributed by atoms with Crippen LogP contribution in [0.15, 0.2) is 30.3 Å². The lowest BCUT2D eigenvalue weighted by atomic mass is 10.1. The van der Waals surface area contributed by atoms with Gasteiger partial charge in [0, 0.05) is 12.1 Å². The average molecular weight is 390 g/mol.